The molecule has 3 rings (SSSR count). The highest BCUT2D eigenvalue weighted by molar-refractivity contribution is 5.87. The molecular formula is C14H22N2O7. The van der Waals surface area contributed by atoms with Gasteiger partial charge in [0.15, 0.2) is 5.78 Å². The van der Waals surface area contributed by atoms with Crippen molar-refractivity contribution in [3.63, 3.8) is 0 Å². The summed E-state index contributed by atoms with van der Waals surface area (Å²) in [5.74, 6) is -2.97. The van der Waals surface area contributed by atoms with Gasteiger partial charge in [0.1, 0.15) is 18.3 Å². The van der Waals surface area contributed by atoms with Gasteiger partial charge in [0.25, 0.3) is 5.79 Å². The highest BCUT2D eigenvalue weighted by Gasteiger charge is 2.63. The summed E-state index contributed by atoms with van der Waals surface area (Å²) in [7, 11) is 3.20. The summed E-state index contributed by atoms with van der Waals surface area (Å²) in [6.45, 7) is 5.61. The number of fused-ring (bicyclic) bond motifs is 2. The largest absolute Gasteiger partial charge is 0.390 e. The number of hydrogen-bond donors (Lipinski definition) is 5. The Morgan fingerprint density at radius 3 is 2.39 bits per heavy atom. The molecule has 0 aromatic heterocycles. The van der Waals surface area contributed by atoms with E-state index in [1.807, 2.05) is 0 Å². The minimum Gasteiger partial charge on any atom is -0.390 e. The van der Waals surface area contributed by atoms with E-state index in [2.05, 4.69) is 10.6 Å². The summed E-state index contributed by atoms with van der Waals surface area (Å²) >= 11 is 0. The highest BCUT2D eigenvalue weighted by Crippen LogP contribution is 2.40. The lowest BCUT2D eigenvalue weighted by atomic mass is 9.80. The van der Waals surface area contributed by atoms with Gasteiger partial charge in [0.05, 0.1) is 24.3 Å². The number of rotatable bonds is 2. The van der Waals surface area contributed by atoms with Gasteiger partial charge in [-0.3, -0.25) is 4.79 Å². The Balaban J connectivity index is 1.92. The summed E-state index contributed by atoms with van der Waals surface area (Å²) in [6, 6.07) is -1.36. The Morgan fingerprint density at radius 2 is 1.78 bits per heavy atom. The fourth-order valence-electron chi connectivity index (χ4n) is 3.55. The van der Waals surface area contributed by atoms with Crippen LogP contribution in [-0.4, -0.2) is 89.9 Å². The van der Waals surface area contributed by atoms with E-state index < -0.39 is 60.5 Å². The van der Waals surface area contributed by atoms with Gasteiger partial charge in [0.2, 0.25) is 6.29 Å². The molecule has 1 aliphatic carbocycles. The van der Waals surface area contributed by atoms with Crippen molar-refractivity contribution in [2.24, 2.45) is 0 Å². The zero-order valence-electron chi connectivity index (χ0n) is 12.9. The van der Waals surface area contributed by atoms with Crippen LogP contribution >= 0.6 is 0 Å². The second-order valence-corrected chi connectivity index (χ2v) is 6.12. The van der Waals surface area contributed by atoms with Gasteiger partial charge < -0.3 is 40.2 Å². The second kappa shape index (κ2) is 6.01. The normalized spacial score (nSPS) is 53.6. The molecule has 0 bridgehead atoms. The molecule has 0 aromatic carbocycles. The van der Waals surface area contributed by atoms with Crippen LogP contribution < -0.4 is 10.6 Å². The van der Waals surface area contributed by atoms with E-state index in [1.54, 1.807) is 14.1 Å². The Hall–Kier alpha value is -0.650. The number of aliphatic hydroxyl groups is 3. The minimum absolute atomic E-state index is 0.220. The zero-order chi connectivity index (χ0) is 16.9. The van der Waals surface area contributed by atoms with E-state index in [0.29, 0.717) is 0 Å². The fourth-order valence-corrected chi connectivity index (χ4v) is 3.55. The number of likely N-dealkylation sites (N-methyl/N-ethyl adjacent to an activating group) is 2. The number of hydrogen-bond acceptors (Lipinski definition) is 9. The third-order valence-corrected chi connectivity index (χ3v) is 4.79. The SMILES string of the molecule is [CH]C1CC(=O)C2(O)OC3C(NC)C(O)C(NC)C(O)C3OC2O1. The van der Waals surface area contributed by atoms with Crippen molar-refractivity contribution >= 4 is 5.78 Å². The summed E-state index contributed by atoms with van der Waals surface area (Å²) in [5.41, 5.74) is 0. The Labute approximate surface area is 133 Å². The molecule has 9 heteroatoms. The zero-order valence-corrected chi connectivity index (χ0v) is 12.9. The maximum Gasteiger partial charge on any atom is 0.280 e. The first-order chi connectivity index (χ1) is 10.8. The van der Waals surface area contributed by atoms with Crippen molar-refractivity contribution in [1.82, 2.24) is 10.6 Å². The quantitative estimate of drug-likeness (QED) is 0.355. The summed E-state index contributed by atoms with van der Waals surface area (Å²) in [6.07, 6.45) is -6.59. The second-order valence-electron chi connectivity index (χ2n) is 6.12. The lowest BCUT2D eigenvalue weighted by Gasteiger charge is -2.55. The number of carbonyl (C=O) groups excluding carboxylic acids is 1. The molecule has 2 heterocycles. The number of carbonyl (C=O) groups is 1. The van der Waals surface area contributed by atoms with Crippen molar-refractivity contribution in [1.29, 1.82) is 0 Å². The molecule has 2 saturated heterocycles. The maximum atomic E-state index is 12.1. The highest BCUT2D eigenvalue weighted by atomic mass is 16.8. The van der Waals surface area contributed by atoms with Gasteiger partial charge in [-0.15, -0.1) is 0 Å². The standard InChI is InChI=1S/C14H22N2O7/c1-5-4-6(17)14(20)13(21-5)22-12-10(19)7(15-2)9(18)8(16-3)11(12)23-14/h1,5,7-13,15-16,18-20H,4H2,2-3H3. The van der Waals surface area contributed by atoms with Gasteiger partial charge in [0, 0.05) is 6.42 Å². The van der Waals surface area contributed by atoms with Crippen LogP contribution in [0.4, 0.5) is 0 Å². The molecule has 3 fully saturated rings. The molecule has 130 valence electrons. The molecule has 9 unspecified atom stereocenters. The average molecular weight is 330 g/mol. The molecule has 3 aliphatic rings. The van der Waals surface area contributed by atoms with Gasteiger partial charge in [-0.05, 0) is 21.0 Å². The first-order valence-corrected chi connectivity index (χ1v) is 7.54. The van der Waals surface area contributed by atoms with Crippen molar-refractivity contribution in [2.75, 3.05) is 14.1 Å². The van der Waals surface area contributed by atoms with Crippen molar-refractivity contribution in [3.05, 3.63) is 6.92 Å². The third kappa shape index (κ3) is 2.52. The first-order valence-electron chi connectivity index (χ1n) is 7.54. The van der Waals surface area contributed by atoms with Gasteiger partial charge in [-0.1, -0.05) is 0 Å². The van der Waals surface area contributed by atoms with E-state index >= 15 is 0 Å². The minimum atomic E-state index is -2.31. The molecule has 0 amide bonds. The van der Waals surface area contributed by atoms with Crippen LogP contribution in [0.1, 0.15) is 6.42 Å². The lowest BCUT2D eigenvalue weighted by Crippen LogP contribution is -2.77. The van der Waals surface area contributed by atoms with E-state index in [9.17, 15) is 20.1 Å². The molecule has 5 N–H and O–H groups in total. The van der Waals surface area contributed by atoms with Crippen molar-refractivity contribution in [3.8, 4) is 0 Å². The van der Waals surface area contributed by atoms with Crippen LogP contribution in [0.2, 0.25) is 0 Å². The maximum absolute atomic E-state index is 12.1. The van der Waals surface area contributed by atoms with Crippen molar-refractivity contribution < 1.29 is 34.3 Å². The Kier molecular flexibility index (Phi) is 4.49. The van der Waals surface area contributed by atoms with Crippen LogP contribution in [0.15, 0.2) is 0 Å². The average Bonchev–Trinajstić information content (AvgIpc) is 2.49. The fraction of sp³-hybridized carbons (Fsp3) is 0.857. The molecule has 2 aliphatic heterocycles. The summed E-state index contributed by atoms with van der Waals surface area (Å²) in [4.78, 5) is 12.1. The third-order valence-electron chi connectivity index (χ3n) is 4.79. The van der Waals surface area contributed by atoms with E-state index in [1.165, 1.54) is 0 Å². The van der Waals surface area contributed by atoms with Gasteiger partial charge in [-0.2, -0.15) is 0 Å². The number of ether oxygens (including phenoxy) is 3. The Bertz CT molecular complexity index is 478. The summed E-state index contributed by atoms with van der Waals surface area (Å²) in [5, 5.41) is 37.1. The molecule has 0 aromatic rings. The monoisotopic (exact) mass is 330 g/mol. The van der Waals surface area contributed by atoms with Gasteiger partial charge >= 0.3 is 0 Å². The molecular weight excluding hydrogens is 308 g/mol. The van der Waals surface area contributed by atoms with Crippen LogP contribution in [0, 0.1) is 6.92 Å². The van der Waals surface area contributed by atoms with E-state index in [-0.39, 0.29) is 6.42 Å². The predicted molar refractivity (Wildman–Crippen MR) is 75.0 cm³/mol. The Morgan fingerprint density at radius 1 is 1.13 bits per heavy atom. The van der Waals surface area contributed by atoms with Crippen LogP contribution in [0.5, 0.6) is 0 Å². The van der Waals surface area contributed by atoms with Crippen LogP contribution in [0.3, 0.4) is 0 Å². The van der Waals surface area contributed by atoms with Crippen LogP contribution in [-0.2, 0) is 19.0 Å². The molecule has 9 nitrogen and oxygen atoms in total. The molecule has 23 heavy (non-hydrogen) atoms. The van der Waals surface area contributed by atoms with E-state index in [4.69, 9.17) is 21.1 Å². The summed E-state index contributed by atoms with van der Waals surface area (Å²) < 4.78 is 16.5. The van der Waals surface area contributed by atoms with Gasteiger partial charge in [-0.25, -0.2) is 0 Å². The smallest absolute Gasteiger partial charge is 0.280 e. The van der Waals surface area contributed by atoms with E-state index in [0.717, 1.165) is 0 Å². The van der Waals surface area contributed by atoms with Crippen LogP contribution in [0.25, 0.3) is 0 Å². The number of ketones is 1. The topological polar surface area (TPSA) is 130 Å². The molecule has 9 atom stereocenters. The number of aliphatic hydroxyl groups excluding tert-OH is 2. The number of Topliss-reactive ketones (excluding diaryl/α,β-unsaturated/α-hetero) is 1. The molecule has 1 saturated carbocycles. The first kappa shape index (κ1) is 17.2. The predicted octanol–water partition coefficient (Wildman–Crippen LogP) is -3.23. The van der Waals surface area contributed by atoms with Crippen molar-refractivity contribution in [2.45, 2.75) is 61.1 Å². The molecule has 0 spiro atoms. The molecule has 2 radical (unpaired) electrons. The lowest BCUT2D eigenvalue weighted by molar-refractivity contribution is -0.418. The number of nitrogens with one attached hydrogen (secondary N) is 2.